The molecule has 2 heteroatoms. The van der Waals surface area contributed by atoms with E-state index in [9.17, 15) is 0 Å². The zero-order valence-corrected chi connectivity index (χ0v) is 19.4. The highest BCUT2D eigenvalue weighted by Crippen LogP contribution is 2.44. The molecule has 146 valence electrons. The van der Waals surface area contributed by atoms with Gasteiger partial charge >= 0.3 is 0 Å². The van der Waals surface area contributed by atoms with E-state index in [1.165, 1.54) is 51.4 Å². The van der Waals surface area contributed by atoms with Gasteiger partial charge in [-0.1, -0.05) is 67.2 Å². The van der Waals surface area contributed by atoms with Gasteiger partial charge in [-0.05, 0) is 60.8 Å². The molecule has 0 aromatic carbocycles. The van der Waals surface area contributed by atoms with Crippen molar-refractivity contribution in [2.24, 2.45) is 0 Å². The predicted octanol–water partition coefficient (Wildman–Crippen LogP) is 9.19. The Morgan fingerprint density at radius 1 is 0.654 bits per heavy atom. The van der Waals surface area contributed by atoms with Gasteiger partial charge in [0, 0.05) is 19.5 Å². The van der Waals surface area contributed by atoms with E-state index in [0.29, 0.717) is 11.8 Å². The Kier molecular flexibility index (Phi) is 8.90. The molecule has 2 rings (SSSR count). The van der Waals surface area contributed by atoms with Gasteiger partial charge in [-0.25, -0.2) is 0 Å². The van der Waals surface area contributed by atoms with Crippen LogP contribution in [0.4, 0.5) is 0 Å². The summed E-state index contributed by atoms with van der Waals surface area (Å²) >= 11 is 4.14. The van der Waals surface area contributed by atoms with Gasteiger partial charge in [0.2, 0.25) is 0 Å². The Hall–Kier alpha value is -0.600. The summed E-state index contributed by atoms with van der Waals surface area (Å²) in [4.78, 5) is 6.30. The van der Waals surface area contributed by atoms with Gasteiger partial charge < -0.3 is 0 Å². The van der Waals surface area contributed by atoms with Crippen LogP contribution in [0, 0.1) is 0 Å². The Labute approximate surface area is 170 Å². The summed E-state index contributed by atoms with van der Waals surface area (Å²) in [6, 6.07) is 5.04. The van der Waals surface area contributed by atoms with Crippen LogP contribution in [0.25, 0.3) is 9.75 Å². The molecule has 0 saturated carbocycles. The summed E-state index contributed by atoms with van der Waals surface area (Å²) in [6.45, 7) is 13.9. The maximum Gasteiger partial charge on any atom is 0.0480 e. The van der Waals surface area contributed by atoms with Crippen LogP contribution in [0.1, 0.15) is 113 Å². The van der Waals surface area contributed by atoms with Crippen molar-refractivity contribution < 1.29 is 0 Å². The SMILES string of the molecule is CCCCCc1cc(C(C)C)sc1-c1sc(C(C)C)cc1CCCCC. The lowest BCUT2D eigenvalue weighted by Gasteiger charge is -2.06. The third-order valence-electron chi connectivity index (χ3n) is 5.10. The predicted molar refractivity (Wildman–Crippen MR) is 122 cm³/mol. The zero-order valence-electron chi connectivity index (χ0n) is 17.8. The van der Waals surface area contributed by atoms with E-state index < -0.39 is 0 Å². The number of aryl methyl sites for hydroxylation is 2. The molecular formula is C24H38S2. The molecule has 0 aliphatic rings. The van der Waals surface area contributed by atoms with E-state index >= 15 is 0 Å². The molecule has 0 fully saturated rings. The minimum Gasteiger partial charge on any atom is -0.139 e. The highest BCUT2D eigenvalue weighted by molar-refractivity contribution is 7.22. The Balaban J connectivity index is 2.40. The largest absolute Gasteiger partial charge is 0.139 e. The van der Waals surface area contributed by atoms with E-state index in [-0.39, 0.29) is 0 Å². The molecule has 0 saturated heterocycles. The quantitative estimate of drug-likeness (QED) is 0.335. The topological polar surface area (TPSA) is 0 Å². The van der Waals surface area contributed by atoms with Crippen LogP contribution in [0.5, 0.6) is 0 Å². The maximum atomic E-state index is 2.52. The van der Waals surface area contributed by atoms with Crippen molar-refractivity contribution in [2.75, 3.05) is 0 Å². The maximum absolute atomic E-state index is 2.52. The van der Waals surface area contributed by atoms with Crippen molar-refractivity contribution in [3.8, 4) is 9.75 Å². The molecule has 0 radical (unpaired) electrons. The van der Waals surface area contributed by atoms with Crippen LogP contribution in [-0.4, -0.2) is 0 Å². The lowest BCUT2D eigenvalue weighted by atomic mass is 10.0. The zero-order chi connectivity index (χ0) is 19.1. The average Bonchev–Trinajstić information content (AvgIpc) is 3.19. The molecule has 0 bridgehead atoms. The fourth-order valence-electron chi connectivity index (χ4n) is 3.36. The first-order valence-corrected chi connectivity index (χ1v) is 12.4. The van der Waals surface area contributed by atoms with Gasteiger partial charge in [0.05, 0.1) is 0 Å². The molecular weight excluding hydrogens is 352 g/mol. The molecule has 0 nitrogen and oxygen atoms in total. The van der Waals surface area contributed by atoms with Crippen LogP contribution in [0.2, 0.25) is 0 Å². The highest BCUT2D eigenvalue weighted by atomic mass is 32.1. The summed E-state index contributed by atoms with van der Waals surface area (Å²) in [7, 11) is 0. The molecule has 0 aliphatic heterocycles. The first-order valence-electron chi connectivity index (χ1n) is 10.7. The molecule has 0 aliphatic carbocycles. The summed E-state index contributed by atoms with van der Waals surface area (Å²) in [5.41, 5.74) is 3.22. The molecule has 0 N–H and O–H groups in total. The minimum atomic E-state index is 0.631. The Morgan fingerprint density at radius 2 is 1.04 bits per heavy atom. The van der Waals surface area contributed by atoms with Crippen molar-refractivity contribution in [3.05, 3.63) is 33.0 Å². The molecule has 0 spiro atoms. The molecule has 0 atom stereocenters. The first-order chi connectivity index (χ1) is 12.5. The van der Waals surface area contributed by atoms with Crippen LogP contribution in [-0.2, 0) is 12.8 Å². The van der Waals surface area contributed by atoms with Gasteiger partial charge in [-0.3, -0.25) is 0 Å². The number of hydrogen-bond acceptors (Lipinski definition) is 2. The van der Waals surface area contributed by atoms with Gasteiger partial charge in [-0.2, -0.15) is 0 Å². The number of thiophene rings is 2. The van der Waals surface area contributed by atoms with E-state index in [4.69, 9.17) is 0 Å². The second kappa shape index (κ2) is 10.7. The van der Waals surface area contributed by atoms with E-state index in [2.05, 4.69) is 76.3 Å². The molecule has 2 heterocycles. The molecule has 0 amide bonds. The fourth-order valence-corrected chi connectivity index (χ4v) is 5.98. The van der Waals surface area contributed by atoms with Crippen LogP contribution < -0.4 is 0 Å². The number of rotatable bonds is 11. The summed E-state index contributed by atoms with van der Waals surface area (Å²) in [5.74, 6) is 1.26. The normalized spacial score (nSPS) is 11.8. The first kappa shape index (κ1) is 21.7. The van der Waals surface area contributed by atoms with Gasteiger partial charge in [0.15, 0.2) is 0 Å². The fraction of sp³-hybridized carbons (Fsp3) is 0.667. The lowest BCUT2D eigenvalue weighted by molar-refractivity contribution is 0.716. The smallest absolute Gasteiger partial charge is 0.0480 e. The van der Waals surface area contributed by atoms with Crippen LogP contribution >= 0.6 is 22.7 Å². The molecule has 26 heavy (non-hydrogen) atoms. The number of unbranched alkanes of at least 4 members (excludes halogenated alkanes) is 4. The summed E-state index contributed by atoms with van der Waals surface area (Å²) in [6.07, 6.45) is 10.4. The van der Waals surface area contributed by atoms with Crippen molar-refractivity contribution >= 4 is 22.7 Å². The number of hydrogen-bond donors (Lipinski definition) is 0. The molecule has 2 aromatic rings. The van der Waals surface area contributed by atoms with Crippen molar-refractivity contribution in [2.45, 2.75) is 105 Å². The lowest BCUT2D eigenvalue weighted by Crippen LogP contribution is -1.89. The third kappa shape index (κ3) is 5.70. The molecule has 2 aromatic heterocycles. The van der Waals surface area contributed by atoms with Crippen LogP contribution in [0.3, 0.4) is 0 Å². The van der Waals surface area contributed by atoms with Gasteiger partial charge in [-0.15, -0.1) is 22.7 Å². The van der Waals surface area contributed by atoms with Gasteiger partial charge in [0.1, 0.15) is 0 Å². The van der Waals surface area contributed by atoms with Gasteiger partial charge in [0.25, 0.3) is 0 Å². The second-order valence-corrected chi connectivity index (χ2v) is 10.4. The monoisotopic (exact) mass is 390 g/mol. The van der Waals surface area contributed by atoms with E-state index in [1.54, 1.807) is 30.6 Å². The van der Waals surface area contributed by atoms with Crippen molar-refractivity contribution in [3.63, 3.8) is 0 Å². The molecule has 0 unspecified atom stereocenters. The average molecular weight is 391 g/mol. The minimum absolute atomic E-state index is 0.631. The van der Waals surface area contributed by atoms with Crippen molar-refractivity contribution in [1.29, 1.82) is 0 Å². The second-order valence-electron chi connectivity index (χ2n) is 8.23. The third-order valence-corrected chi connectivity index (χ3v) is 8.22. The van der Waals surface area contributed by atoms with E-state index in [0.717, 1.165) is 0 Å². The highest BCUT2D eigenvalue weighted by Gasteiger charge is 2.19. The van der Waals surface area contributed by atoms with E-state index in [1.807, 2.05) is 0 Å². The summed E-state index contributed by atoms with van der Waals surface area (Å²) < 4.78 is 0. The summed E-state index contributed by atoms with van der Waals surface area (Å²) in [5, 5.41) is 0. The Morgan fingerprint density at radius 3 is 1.35 bits per heavy atom. The van der Waals surface area contributed by atoms with Crippen molar-refractivity contribution in [1.82, 2.24) is 0 Å². The van der Waals surface area contributed by atoms with Crippen LogP contribution in [0.15, 0.2) is 12.1 Å². The Bertz CT molecular complexity index is 600. The standard InChI is InChI=1S/C24H38S2/c1-7-9-11-13-19-15-21(17(3)4)25-23(19)24-20(14-12-10-8-2)16-22(26-24)18(5)6/h15-18H,7-14H2,1-6H3.